The Morgan fingerprint density at radius 1 is 1.03 bits per heavy atom. The lowest BCUT2D eigenvalue weighted by molar-refractivity contribution is 0.104. The van der Waals surface area contributed by atoms with Crippen molar-refractivity contribution in [2.24, 2.45) is 0 Å². The lowest BCUT2D eigenvalue weighted by atomic mass is 10.1. The highest BCUT2D eigenvalue weighted by atomic mass is 35.5. The van der Waals surface area contributed by atoms with E-state index in [1.54, 1.807) is 42.5 Å². The topological polar surface area (TPSA) is 76.0 Å². The number of para-hydroxylation sites is 1. The second-order valence-corrected chi connectivity index (χ2v) is 7.13. The fourth-order valence-electron chi connectivity index (χ4n) is 2.75. The number of phenols is 2. The molecule has 0 saturated carbocycles. The van der Waals surface area contributed by atoms with Crippen LogP contribution in [-0.2, 0) is 6.61 Å². The molecule has 0 aliphatic rings. The van der Waals surface area contributed by atoms with Crippen LogP contribution in [0.5, 0.6) is 23.0 Å². The Morgan fingerprint density at radius 3 is 2.53 bits per heavy atom. The summed E-state index contributed by atoms with van der Waals surface area (Å²) in [5, 5.41) is 20.1. The molecule has 5 nitrogen and oxygen atoms in total. The predicted molar refractivity (Wildman–Crippen MR) is 117 cm³/mol. The van der Waals surface area contributed by atoms with Crippen LogP contribution in [0, 0.1) is 0 Å². The van der Waals surface area contributed by atoms with E-state index in [2.05, 4.69) is 0 Å². The van der Waals surface area contributed by atoms with Gasteiger partial charge in [-0.1, -0.05) is 41.4 Å². The van der Waals surface area contributed by atoms with Gasteiger partial charge in [0.25, 0.3) is 0 Å². The minimum Gasteiger partial charge on any atom is -0.508 e. The average Bonchev–Trinajstić information content (AvgIpc) is 2.73. The molecule has 0 atom stereocenters. The van der Waals surface area contributed by atoms with E-state index >= 15 is 0 Å². The van der Waals surface area contributed by atoms with Gasteiger partial charge < -0.3 is 19.7 Å². The maximum Gasteiger partial charge on any atom is 0.189 e. The standard InChI is InChI=1S/C23H18Cl2O5/c1-29-22-4-2-3-15(6-10-20(27)17-8-7-16(26)12-21(17)28)23(22)30-13-14-5-9-18(24)19(25)11-14/h2-12,26,28H,13H2,1H3/b10-6+. The first-order chi connectivity index (χ1) is 14.4. The van der Waals surface area contributed by atoms with Crippen molar-refractivity contribution in [1.82, 2.24) is 0 Å². The molecule has 2 N–H and O–H groups in total. The van der Waals surface area contributed by atoms with E-state index in [9.17, 15) is 15.0 Å². The first kappa shape index (κ1) is 21.6. The molecule has 7 heteroatoms. The van der Waals surface area contributed by atoms with Gasteiger partial charge in [-0.2, -0.15) is 0 Å². The van der Waals surface area contributed by atoms with Crippen LogP contribution in [-0.4, -0.2) is 23.1 Å². The smallest absolute Gasteiger partial charge is 0.189 e. The molecule has 0 fully saturated rings. The van der Waals surface area contributed by atoms with Gasteiger partial charge in [-0.25, -0.2) is 0 Å². The van der Waals surface area contributed by atoms with Crippen LogP contribution in [0.2, 0.25) is 10.0 Å². The van der Waals surface area contributed by atoms with Crippen molar-refractivity contribution in [3.63, 3.8) is 0 Å². The van der Waals surface area contributed by atoms with Gasteiger partial charge in [0.15, 0.2) is 17.3 Å². The number of allylic oxidation sites excluding steroid dienone is 1. The van der Waals surface area contributed by atoms with Gasteiger partial charge in [0.1, 0.15) is 18.1 Å². The van der Waals surface area contributed by atoms with Gasteiger partial charge in [0.2, 0.25) is 0 Å². The van der Waals surface area contributed by atoms with Crippen molar-refractivity contribution < 1.29 is 24.5 Å². The minimum atomic E-state index is -0.425. The number of hydrogen-bond acceptors (Lipinski definition) is 5. The zero-order valence-electron chi connectivity index (χ0n) is 15.9. The highest BCUT2D eigenvalue weighted by Gasteiger charge is 2.12. The summed E-state index contributed by atoms with van der Waals surface area (Å²) in [5.41, 5.74) is 1.50. The maximum atomic E-state index is 12.4. The third-order valence-electron chi connectivity index (χ3n) is 4.26. The van der Waals surface area contributed by atoms with E-state index in [0.717, 1.165) is 11.6 Å². The lowest BCUT2D eigenvalue weighted by Gasteiger charge is -2.14. The third-order valence-corrected chi connectivity index (χ3v) is 5.00. The monoisotopic (exact) mass is 444 g/mol. The van der Waals surface area contributed by atoms with Gasteiger partial charge in [0.05, 0.1) is 22.7 Å². The summed E-state index contributed by atoms with van der Waals surface area (Å²) in [4.78, 5) is 12.4. The first-order valence-electron chi connectivity index (χ1n) is 8.87. The summed E-state index contributed by atoms with van der Waals surface area (Å²) in [6.45, 7) is 0.213. The molecule has 0 spiro atoms. The Balaban J connectivity index is 1.85. The van der Waals surface area contributed by atoms with Crippen LogP contribution in [0.3, 0.4) is 0 Å². The van der Waals surface area contributed by atoms with Crippen molar-refractivity contribution in [2.75, 3.05) is 7.11 Å². The van der Waals surface area contributed by atoms with Crippen molar-refractivity contribution in [2.45, 2.75) is 6.61 Å². The normalized spacial score (nSPS) is 10.9. The molecule has 0 radical (unpaired) electrons. The molecule has 0 heterocycles. The number of ketones is 1. The molecule has 0 aliphatic carbocycles. The molecule has 0 aliphatic heterocycles. The number of methoxy groups -OCH3 is 1. The molecule has 30 heavy (non-hydrogen) atoms. The number of carbonyl (C=O) groups excluding carboxylic acids is 1. The molecule has 0 aromatic heterocycles. The second kappa shape index (κ2) is 9.57. The second-order valence-electron chi connectivity index (χ2n) is 6.31. The molecule has 3 rings (SSSR count). The zero-order chi connectivity index (χ0) is 21.7. The Labute approximate surface area is 183 Å². The van der Waals surface area contributed by atoms with Crippen LogP contribution in [0.4, 0.5) is 0 Å². The lowest BCUT2D eigenvalue weighted by Crippen LogP contribution is -2.00. The van der Waals surface area contributed by atoms with Gasteiger partial charge in [-0.05, 0) is 48.0 Å². The zero-order valence-corrected chi connectivity index (χ0v) is 17.4. The summed E-state index contributed by atoms with van der Waals surface area (Å²) in [6, 6.07) is 14.3. The SMILES string of the molecule is COc1cccc(/C=C/C(=O)c2ccc(O)cc2O)c1OCc1ccc(Cl)c(Cl)c1. The van der Waals surface area contributed by atoms with Gasteiger partial charge in [0, 0.05) is 11.6 Å². The number of rotatable bonds is 7. The third kappa shape index (κ3) is 5.06. The van der Waals surface area contributed by atoms with Crippen LogP contribution in [0.1, 0.15) is 21.5 Å². The van der Waals surface area contributed by atoms with Crippen LogP contribution < -0.4 is 9.47 Å². The summed E-state index contributed by atoms with van der Waals surface area (Å²) in [6.07, 6.45) is 2.88. The van der Waals surface area contributed by atoms with Gasteiger partial charge in [-0.15, -0.1) is 0 Å². The molecule has 0 amide bonds. The number of hydrogen-bond donors (Lipinski definition) is 2. The van der Waals surface area contributed by atoms with Crippen molar-refractivity contribution in [1.29, 1.82) is 0 Å². The molecule has 3 aromatic carbocycles. The molecule has 0 bridgehead atoms. The highest BCUT2D eigenvalue weighted by molar-refractivity contribution is 6.42. The van der Waals surface area contributed by atoms with Gasteiger partial charge in [-0.3, -0.25) is 4.79 Å². The minimum absolute atomic E-state index is 0.0743. The fourth-order valence-corrected chi connectivity index (χ4v) is 3.07. The number of benzene rings is 3. The summed E-state index contributed by atoms with van der Waals surface area (Å²) < 4.78 is 11.3. The quantitative estimate of drug-likeness (QED) is 0.351. The fraction of sp³-hybridized carbons (Fsp3) is 0.0870. The van der Waals surface area contributed by atoms with Crippen LogP contribution in [0.25, 0.3) is 6.08 Å². The number of aromatic hydroxyl groups is 2. The van der Waals surface area contributed by atoms with Crippen molar-refractivity contribution in [3.8, 4) is 23.0 Å². The van der Waals surface area contributed by atoms with Crippen molar-refractivity contribution >= 4 is 35.1 Å². The summed E-state index contributed by atoms with van der Waals surface area (Å²) in [5.74, 6) is 0.0955. The van der Waals surface area contributed by atoms with E-state index in [1.165, 1.54) is 25.3 Å². The Morgan fingerprint density at radius 2 is 1.83 bits per heavy atom. The van der Waals surface area contributed by atoms with Crippen molar-refractivity contribution in [3.05, 3.63) is 87.4 Å². The Kier molecular flexibility index (Phi) is 6.87. The maximum absolute atomic E-state index is 12.4. The van der Waals surface area contributed by atoms with E-state index in [4.69, 9.17) is 32.7 Å². The molecule has 154 valence electrons. The van der Waals surface area contributed by atoms with E-state index < -0.39 is 5.78 Å². The number of halogens is 2. The molecular weight excluding hydrogens is 427 g/mol. The Bertz CT molecular complexity index is 1110. The summed E-state index contributed by atoms with van der Waals surface area (Å²) >= 11 is 12.0. The first-order valence-corrected chi connectivity index (χ1v) is 9.62. The molecule has 0 unspecified atom stereocenters. The largest absolute Gasteiger partial charge is 0.508 e. The molecule has 0 saturated heterocycles. The number of phenolic OH excluding ortho intramolecular Hbond substituents is 2. The van der Waals surface area contributed by atoms with Crippen LogP contribution >= 0.6 is 23.2 Å². The predicted octanol–water partition coefficient (Wildman–Crippen LogP) is 5.89. The van der Waals surface area contributed by atoms with E-state index in [1.807, 2.05) is 0 Å². The van der Waals surface area contributed by atoms with E-state index in [-0.39, 0.29) is 23.7 Å². The Hall–Kier alpha value is -3.15. The van der Waals surface area contributed by atoms with Gasteiger partial charge >= 0.3 is 0 Å². The molecule has 3 aromatic rings. The average molecular weight is 445 g/mol. The number of carbonyl (C=O) groups is 1. The highest BCUT2D eigenvalue weighted by Crippen LogP contribution is 2.33. The molecular formula is C23H18Cl2O5. The number of ether oxygens (including phenoxy) is 2. The summed E-state index contributed by atoms with van der Waals surface area (Å²) in [7, 11) is 1.52. The van der Waals surface area contributed by atoms with E-state index in [0.29, 0.717) is 27.1 Å². The van der Waals surface area contributed by atoms with Crippen LogP contribution in [0.15, 0.2) is 60.7 Å².